The van der Waals surface area contributed by atoms with E-state index in [-0.39, 0.29) is 22.9 Å². The van der Waals surface area contributed by atoms with Gasteiger partial charge in [-0.2, -0.15) is 5.10 Å². The van der Waals surface area contributed by atoms with Gasteiger partial charge in [-0.15, -0.1) is 0 Å². The predicted octanol–water partition coefficient (Wildman–Crippen LogP) is 2.95. The summed E-state index contributed by atoms with van der Waals surface area (Å²) in [6.45, 7) is 1.91. The van der Waals surface area contributed by atoms with Crippen molar-refractivity contribution < 1.29 is 13.5 Å². The van der Waals surface area contributed by atoms with Crippen LogP contribution in [-0.4, -0.2) is 48.1 Å². The Morgan fingerprint density at radius 2 is 1.97 bits per heavy atom. The van der Waals surface area contributed by atoms with Crippen LogP contribution in [0.1, 0.15) is 12.0 Å². The first-order valence-electron chi connectivity index (χ1n) is 9.72. The summed E-state index contributed by atoms with van der Waals surface area (Å²) in [5, 5.41) is 3.93. The van der Waals surface area contributed by atoms with Crippen molar-refractivity contribution in [3.05, 3.63) is 70.0 Å². The van der Waals surface area contributed by atoms with Crippen molar-refractivity contribution in [2.75, 3.05) is 20.1 Å². The molecule has 7 nitrogen and oxygen atoms in total. The van der Waals surface area contributed by atoms with E-state index < -0.39 is 17.2 Å². The first kappa shape index (κ1) is 20.7. The molecule has 3 aromatic rings. The van der Waals surface area contributed by atoms with E-state index in [1.165, 1.54) is 12.3 Å². The molecule has 0 bridgehead atoms. The number of H-pyrrole nitrogens is 1. The highest BCUT2D eigenvalue weighted by atomic mass is 19.2. The van der Waals surface area contributed by atoms with Gasteiger partial charge in [0.25, 0.3) is 5.56 Å². The van der Waals surface area contributed by atoms with E-state index in [0.29, 0.717) is 11.1 Å². The number of likely N-dealkylation sites (tertiary alicyclic amines) is 1. The van der Waals surface area contributed by atoms with Crippen molar-refractivity contribution >= 4 is 28.5 Å². The van der Waals surface area contributed by atoms with Crippen molar-refractivity contribution in [3.8, 4) is 5.75 Å². The number of likely N-dealkylation sites (N-methyl/N-ethyl adjacent to an activating group) is 1. The first-order valence-corrected chi connectivity index (χ1v) is 9.72. The number of nitrogens with one attached hydrogen (secondary N) is 1. The number of aromatic amines is 1. The van der Waals surface area contributed by atoms with Crippen LogP contribution in [0.3, 0.4) is 0 Å². The Hall–Kier alpha value is -3.59. The van der Waals surface area contributed by atoms with Gasteiger partial charge < -0.3 is 20.5 Å². The van der Waals surface area contributed by atoms with Crippen LogP contribution in [0.4, 0.5) is 14.5 Å². The third-order valence-corrected chi connectivity index (χ3v) is 5.12. The average Bonchev–Trinajstić information content (AvgIpc) is 3.16. The van der Waals surface area contributed by atoms with E-state index in [9.17, 15) is 13.6 Å². The fourth-order valence-corrected chi connectivity index (χ4v) is 3.49. The van der Waals surface area contributed by atoms with Gasteiger partial charge in [-0.25, -0.2) is 8.78 Å². The molecule has 4 rings (SSSR count). The second-order valence-electron chi connectivity index (χ2n) is 7.42. The van der Waals surface area contributed by atoms with Crippen molar-refractivity contribution in [3.63, 3.8) is 0 Å². The second kappa shape index (κ2) is 8.65. The van der Waals surface area contributed by atoms with Gasteiger partial charge in [-0.3, -0.25) is 9.79 Å². The number of hydrazone groups is 1. The smallest absolute Gasteiger partial charge is 0.258 e. The summed E-state index contributed by atoms with van der Waals surface area (Å²) < 4.78 is 32.9. The maximum absolute atomic E-state index is 13.6. The number of fused-ring (bicyclic) bond motifs is 1. The lowest BCUT2D eigenvalue weighted by atomic mass is 10.1. The number of benzene rings is 2. The third-order valence-electron chi connectivity index (χ3n) is 5.12. The molecule has 2 heterocycles. The molecule has 1 aliphatic heterocycles. The lowest BCUT2D eigenvalue weighted by Gasteiger charge is -2.13. The molecule has 3 N–H and O–H groups in total. The average molecular weight is 425 g/mol. The number of nitrogens with zero attached hydrogens (tertiary/aromatic N) is 3. The van der Waals surface area contributed by atoms with Crippen LogP contribution in [0.25, 0.3) is 10.9 Å². The van der Waals surface area contributed by atoms with Gasteiger partial charge in [-0.1, -0.05) is 0 Å². The standard InChI is InChI=1S/C22H21F2N5O2/c1-29-7-6-16(12-29)31-15-4-2-14(3-5-15)26-11-21(28-25)17-8-13-9-18(23)19(24)10-20(13)27-22(17)30/h2-5,8-11,16H,6-7,12,25H2,1H3,(H,27,30). The lowest BCUT2D eigenvalue weighted by molar-refractivity contribution is 0.208. The Bertz CT molecular complexity index is 1220. The highest BCUT2D eigenvalue weighted by molar-refractivity contribution is 6.38. The summed E-state index contributed by atoms with van der Waals surface area (Å²) >= 11 is 0. The minimum absolute atomic E-state index is 0.0927. The molecule has 1 saturated heterocycles. The first-order chi connectivity index (χ1) is 14.9. The molecule has 0 amide bonds. The third kappa shape index (κ3) is 4.61. The molecular weight excluding hydrogens is 404 g/mol. The Labute approximate surface area is 176 Å². The van der Waals surface area contributed by atoms with E-state index in [4.69, 9.17) is 10.6 Å². The SMILES string of the molecule is CN1CCC(Oc2ccc(N=CC(=NN)c3cc4cc(F)c(F)cc4[nH]c3=O)cc2)C1. The van der Waals surface area contributed by atoms with Crippen molar-refractivity contribution in [1.29, 1.82) is 0 Å². The molecule has 0 spiro atoms. The van der Waals surface area contributed by atoms with Crippen LogP contribution >= 0.6 is 0 Å². The minimum atomic E-state index is -1.04. The number of aromatic nitrogens is 1. The monoisotopic (exact) mass is 425 g/mol. The summed E-state index contributed by atoms with van der Waals surface area (Å²) in [5.74, 6) is 4.14. The van der Waals surface area contributed by atoms with Crippen molar-refractivity contribution in [2.24, 2.45) is 15.9 Å². The van der Waals surface area contributed by atoms with Crippen LogP contribution in [-0.2, 0) is 0 Å². The minimum Gasteiger partial charge on any atom is -0.489 e. The van der Waals surface area contributed by atoms with E-state index in [1.54, 1.807) is 12.1 Å². The largest absolute Gasteiger partial charge is 0.489 e. The van der Waals surface area contributed by atoms with E-state index >= 15 is 0 Å². The highest BCUT2D eigenvalue weighted by Crippen LogP contribution is 2.22. The van der Waals surface area contributed by atoms with Gasteiger partial charge in [0.2, 0.25) is 0 Å². The molecule has 9 heteroatoms. The van der Waals surface area contributed by atoms with Crippen molar-refractivity contribution in [2.45, 2.75) is 12.5 Å². The molecule has 2 aromatic carbocycles. The quantitative estimate of drug-likeness (QED) is 0.373. The molecule has 0 radical (unpaired) electrons. The zero-order chi connectivity index (χ0) is 22.0. The van der Waals surface area contributed by atoms with Crippen LogP contribution in [0, 0.1) is 11.6 Å². The number of hydrogen-bond donors (Lipinski definition) is 2. The van der Waals surface area contributed by atoms with Gasteiger partial charge in [0, 0.05) is 24.5 Å². The second-order valence-corrected chi connectivity index (χ2v) is 7.42. The molecule has 1 aliphatic rings. The predicted molar refractivity (Wildman–Crippen MR) is 116 cm³/mol. The Morgan fingerprint density at radius 3 is 2.65 bits per heavy atom. The summed E-state index contributed by atoms with van der Waals surface area (Å²) in [6.07, 6.45) is 2.51. The maximum atomic E-state index is 13.6. The molecule has 1 fully saturated rings. The van der Waals surface area contributed by atoms with E-state index in [0.717, 1.165) is 37.4 Å². The number of hydrogen-bond acceptors (Lipinski definition) is 6. The van der Waals surface area contributed by atoms with Gasteiger partial charge >= 0.3 is 0 Å². The summed E-state index contributed by atoms with van der Waals surface area (Å²) in [4.78, 5) is 21.4. The lowest BCUT2D eigenvalue weighted by Crippen LogP contribution is -2.21. The van der Waals surface area contributed by atoms with Gasteiger partial charge in [0.1, 0.15) is 17.6 Å². The Kier molecular flexibility index (Phi) is 5.77. The zero-order valence-electron chi connectivity index (χ0n) is 16.8. The molecule has 31 heavy (non-hydrogen) atoms. The fourth-order valence-electron chi connectivity index (χ4n) is 3.49. The van der Waals surface area contributed by atoms with Crippen LogP contribution in [0.2, 0.25) is 0 Å². The molecule has 1 atom stereocenters. The molecule has 0 saturated carbocycles. The summed E-state index contributed by atoms with van der Waals surface area (Å²) in [6, 6.07) is 10.5. The topological polar surface area (TPSA) is 96.1 Å². The number of pyridine rings is 1. The number of aliphatic imine (C=N–C) groups is 1. The molecule has 160 valence electrons. The zero-order valence-corrected chi connectivity index (χ0v) is 16.8. The molecule has 1 unspecified atom stereocenters. The number of rotatable bonds is 5. The fraction of sp³-hybridized carbons (Fsp3) is 0.227. The molecule has 0 aliphatic carbocycles. The normalized spacial score (nSPS) is 17.6. The maximum Gasteiger partial charge on any atom is 0.258 e. The van der Waals surface area contributed by atoms with Crippen LogP contribution in [0.5, 0.6) is 5.75 Å². The Morgan fingerprint density at radius 1 is 1.23 bits per heavy atom. The number of ether oxygens (including phenoxy) is 1. The van der Waals surface area contributed by atoms with Crippen LogP contribution < -0.4 is 16.1 Å². The summed E-state index contributed by atoms with van der Waals surface area (Å²) in [5.41, 5.74) is 0.434. The van der Waals surface area contributed by atoms with Gasteiger partial charge in [0.15, 0.2) is 11.6 Å². The molecular formula is C22H21F2N5O2. The Balaban J connectivity index is 1.53. The number of halogens is 2. The van der Waals surface area contributed by atoms with E-state index in [1.807, 2.05) is 12.1 Å². The van der Waals surface area contributed by atoms with Crippen molar-refractivity contribution in [1.82, 2.24) is 9.88 Å². The number of nitrogens with two attached hydrogens (primary N) is 1. The highest BCUT2D eigenvalue weighted by Gasteiger charge is 2.20. The van der Waals surface area contributed by atoms with Gasteiger partial charge in [-0.05, 0) is 49.9 Å². The summed E-state index contributed by atoms with van der Waals surface area (Å²) in [7, 11) is 2.06. The van der Waals surface area contributed by atoms with Gasteiger partial charge in [0.05, 0.1) is 23.0 Å². The molecule has 1 aromatic heterocycles. The van der Waals surface area contributed by atoms with E-state index in [2.05, 4.69) is 27.0 Å². The van der Waals surface area contributed by atoms with Crippen LogP contribution in [0.15, 0.2) is 57.4 Å².